The summed E-state index contributed by atoms with van der Waals surface area (Å²) in [5.41, 5.74) is 0.147. The summed E-state index contributed by atoms with van der Waals surface area (Å²) >= 11 is 0. The summed E-state index contributed by atoms with van der Waals surface area (Å²) in [6, 6.07) is 6.53. The normalized spacial score (nSPS) is 44.6. The number of carbonyl (C=O) groups excluding carboxylic acids is 1. The molecule has 0 bridgehead atoms. The molecule has 0 amide bonds. The van der Waals surface area contributed by atoms with Crippen LogP contribution in [0.15, 0.2) is 42.0 Å². The first-order chi connectivity index (χ1) is 21.4. The maximum absolute atomic E-state index is 12.9. The monoisotopic (exact) mass is 634 g/mol. The molecule has 4 N–H and O–H groups in total. The van der Waals surface area contributed by atoms with E-state index in [2.05, 4.69) is 40.7 Å². The van der Waals surface area contributed by atoms with Crippen LogP contribution in [0.4, 0.5) is 0 Å². The van der Waals surface area contributed by atoms with E-state index in [0.717, 1.165) is 50.5 Å². The number of aliphatic carboxylic acids is 1. The maximum atomic E-state index is 12.9. The second-order valence-electron chi connectivity index (χ2n) is 17.4. The largest absolute Gasteiger partial charge is 0.508 e. The van der Waals surface area contributed by atoms with E-state index in [1.165, 1.54) is 11.6 Å². The van der Waals surface area contributed by atoms with Crippen molar-refractivity contribution in [2.75, 3.05) is 6.61 Å². The summed E-state index contributed by atoms with van der Waals surface area (Å²) in [5, 5.41) is 43.1. The first kappa shape index (κ1) is 33.3. The molecule has 46 heavy (non-hydrogen) atoms. The molecular weight excluding hydrogens is 580 g/mol. The van der Waals surface area contributed by atoms with E-state index >= 15 is 0 Å². The van der Waals surface area contributed by atoms with Gasteiger partial charge >= 0.3 is 11.9 Å². The molecule has 4 fully saturated rings. The summed E-state index contributed by atoms with van der Waals surface area (Å²) in [6.45, 7) is 13.7. The lowest BCUT2D eigenvalue weighted by Gasteiger charge is -2.71. The van der Waals surface area contributed by atoms with Crippen molar-refractivity contribution in [2.24, 2.45) is 50.2 Å². The molecule has 0 unspecified atom stereocenters. The van der Waals surface area contributed by atoms with Crippen LogP contribution in [0.2, 0.25) is 0 Å². The van der Waals surface area contributed by atoms with Gasteiger partial charge in [-0.3, -0.25) is 4.79 Å². The number of esters is 1. The lowest BCUT2D eigenvalue weighted by Crippen LogP contribution is -2.68. The van der Waals surface area contributed by atoms with E-state index in [1.807, 2.05) is 6.92 Å². The smallest absolute Gasteiger partial charge is 0.330 e. The third-order valence-electron chi connectivity index (χ3n) is 14.6. The van der Waals surface area contributed by atoms with Gasteiger partial charge in [0, 0.05) is 11.5 Å². The number of carboxylic acid groups (broad SMARTS) is 1. The number of fused-ring (bicyclic) bond motifs is 7. The molecule has 6 rings (SSSR count). The molecule has 7 heteroatoms. The Balaban J connectivity index is 1.30. The fraction of sp³-hybridized carbons (Fsp3) is 0.692. The number of aliphatic hydroxyl groups excluding tert-OH is 2. The van der Waals surface area contributed by atoms with Gasteiger partial charge in [-0.05, 0) is 121 Å². The molecule has 1 aromatic rings. The third-order valence-corrected chi connectivity index (χ3v) is 14.6. The van der Waals surface area contributed by atoms with E-state index in [0.29, 0.717) is 12.8 Å². The Morgan fingerprint density at radius 1 is 0.913 bits per heavy atom. The fourth-order valence-electron chi connectivity index (χ4n) is 11.8. The molecule has 0 saturated heterocycles. The van der Waals surface area contributed by atoms with Gasteiger partial charge in [-0.2, -0.15) is 0 Å². The minimum Gasteiger partial charge on any atom is -0.508 e. The lowest BCUT2D eigenvalue weighted by molar-refractivity contribution is -0.245. The molecule has 0 radical (unpaired) electrons. The Bertz CT molecular complexity index is 1440. The molecule has 0 heterocycles. The Labute approximate surface area is 274 Å². The number of benzene rings is 1. The minimum atomic E-state index is -1.02. The van der Waals surface area contributed by atoms with Crippen molar-refractivity contribution in [3.05, 3.63) is 47.6 Å². The van der Waals surface area contributed by atoms with E-state index < -0.39 is 35.0 Å². The van der Waals surface area contributed by atoms with Crippen LogP contribution in [0.25, 0.3) is 6.08 Å². The van der Waals surface area contributed by atoms with Crippen molar-refractivity contribution in [1.82, 2.24) is 0 Å². The lowest BCUT2D eigenvalue weighted by atomic mass is 9.33. The summed E-state index contributed by atoms with van der Waals surface area (Å²) < 4.78 is 5.81. The molecule has 1 aromatic carbocycles. The number of allylic oxidation sites excluding steroid dienone is 2. The number of aromatic hydroxyl groups is 1. The fourth-order valence-corrected chi connectivity index (χ4v) is 11.8. The van der Waals surface area contributed by atoms with Crippen molar-refractivity contribution in [3.8, 4) is 5.75 Å². The Kier molecular flexibility index (Phi) is 7.92. The SMILES string of the molecule is CC1(C)CC[C@]2(C(=O)O)CC[C@]3(C)C(=CC[C@@H]4[C@@]5(C)C[C@@H](O)[C@@H](O)[C@@](C)(COC(=O)/C=C\c6ccc(O)cc6)[C@@H]5CC[C@]43C)[C@@H]2C1. The topological polar surface area (TPSA) is 124 Å². The van der Waals surface area contributed by atoms with Crippen molar-refractivity contribution in [1.29, 1.82) is 0 Å². The highest BCUT2D eigenvalue weighted by Gasteiger charge is 2.70. The van der Waals surface area contributed by atoms with Gasteiger partial charge in [0.1, 0.15) is 5.75 Å². The van der Waals surface area contributed by atoms with Crippen LogP contribution in [0, 0.1) is 50.2 Å². The summed E-state index contributed by atoms with van der Waals surface area (Å²) in [5.74, 6) is -0.702. The standard InChI is InChI=1S/C39H54O7/c1-34(2)17-19-39(33(44)45)20-18-37(5)26(27(39)21-34)12-13-30-35(3)22-28(41)32(43)36(4,29(35)15-16-38(30,37)6)23-46-31(42)14-9-24-7-10-25(40)11-8-24/h7-12,14,27-30,32,40-41,43H,13,15-23H2,1-6H3,(H,44,45)/b14-9-/t27-,28+,29+,30+,32+,35-,36-,37+,38+,39-/m0/s1. The van der Waals surface area contributed by atoms with Gasteiger partial charge in [0.15, 0.2) is 0 Å². The number of phenols is 1. The summed E-state index contributed by atoms with van der Waals surface area (Å²) in [7, 11) is 0. The van der Waals surface area contributed by atoms with Gasteiger partial charge in [0.05, 0.1) is 24.2 Å². The predicted octanol–water partition coefficient (Wildman–Crippen LogP) is 7.15. The Morgan fingerprint density at radius 2 is 1.59 bits per heavy atom. The van der Waals surface area contributed by atoms with Crippen molar-refractivity contribution >= 4 is 18.0 Å². The summed E-state index contributed by atoms with van der Waals surface area (Å²) in [6.07, 6.45) is 10.7. The number of phenolic OH excluding ortho intramolecular Hbond substituents is 1. The van der Waals surface area contributed by atoms with Crippen LogP contribution in [0.3, 0.4) is 0 Å². The highest BCUT2D eigenvalue weighted by Crippen LogP contribution is 2.75. The van der Waals surface area contributed by atoms with Crippen LogP contribution < -0.4 is 0 Å². The average molecular weight is 635 g/mol. The number of aliphatic hydroxyl groups is 2. The molecule has 5 aliphatic rings. The van der Waals surface area contributed by atoms with Gasteiger partial charge in [0.2, 0.25) is 0 Å². The van der Waals surface area contributed by atoms with Crippen LogP contribution in [0.1, 0.15) is 105 Å². The third kappa shape index (κ3) is 4.81. The second kappa shape index (κ2) is 10.9. The van der Waals surface area contributed by atoms with E-state index in [4.69, 9.17) is 4.74 Å². The van der Waals surface area contributed by atoms with Gasteiger partial charge in [-0.15, -0.1) is 0 Å². The number of carbonyl (C=O) groups is 2. The van der Waals surface area contributed by atoms with Crippen LogP contribution >= 0.6 is 0 Å². The summed E-state index contributed by atoms with van der Waals surface area (Å²) in [4.78, 5) is 25.8. The number of ether oxygens (including phenoxy) is 1. The van der Waals surface area contributed by atoms with E-state index in [9.17, 15) is 30.0 Å². The predicted molar refractivity (Wildman–Crippen MR) is 176 cm³/mol. The van der Waals surface area contributed by atoms with Crippen LogP contribution in [0.5, 0.6) is 5.75 Å². The molecule has 252 valence electrons. The number of carboxylic acids is 1. The molecule has 0 spiro atoms. The first-order valence-corrected chi connectivity index (χ1v) is 17.4. The van der Waals surface area contributed by atoms with Gasteiger partial charge < -0.3 is 25.2 Å². The van der Waals surface area contributed by atoms with Crippen molar-refractivity contribution in [2.45, 2.75) is 112 Å². The van der Waals surface area contributed by atoms with Crippen molar-refractivity contribution in [3.63, 3.8) is 0 Å². The average Bonchev–Trinajstić information content (AvgIpc) is 2.98. The molecule has 4 saturated carbocycles. The molecule has 7 nitrogen and oxygen atoms in total. The molecule has 0 aromatic heterocycles. The molecule has 10 atom stereocenters. The zero-order chi connectivity index (χ0) is 33.5. The van der Waals surface area contributed by atoms with Gasteiger partial charge in [0.25, 0.3) is 0 Å². The van der Waals surface area contributed by atoms with Crippen LogP contribution in [-0.2, 0) is 14.3 Å². The highest BCUT2D eigenvalue weighted by molar-refractivity contribution is 5.87. The minimum absolute atomic E-state index is 0.00428. The number of hydrogen-bond donors (Lipinski definition) is 4. The number of rotatable bonds is 5. The van der Waals surface area contributed by atoms with Crippen LogP contribution in [-0.4, -0.2) is 51.2 Å². The second-order valence-corrected chi connectivity index (χ2v) is 17.4. The van der Waals surface area contributed by atoms with Gasteiger partial charge in [-0.1, -0.05) is 65.3 Å². The quantitative estimate of drug-likeness (QED) is 0.154. The highest BCUT2D eigenvalue weighted by atomic mass is 16.5. The zero-order valence-electron chi connectivity index (χ0n) is 28.5. The first-order valence-electron chi connectivity index (χ1n) is 17.4. The van der Waals surface area contributed by atoms with Crippen molar-refractivity contribution < 1.29 is 34.8 Å². The zero-order valence-corrected chi connectivity index (χ0v) is 28.5. The Hall–Kier alpha value is -2.64. The van der Waals surface area contributed by atoms with Gasteiger partial charge in [-0.25, -0.2) is 4.79 Å². The molecule has 0 aliphatic heterocycles. The molecular formula is C39H54O7. The molecule has 5 aliphatic carbocycles. The Morgan fingerprint density at radius 3 is 2.26 bits per heavy atom. The van der Waals surface area contributed by atoms with E-state index in [-0.39, 0.29) is 51.8 Å². The van der Waals surface area contributed by atoms with E-state index in [1.54, 1.807) is 30.3 Å². The maximum Gasteiger partial charge on any atom is 0.330 e. The number of hydrogen-bond acceptors (Lipinski definition) is 6.